The van der Waals surface area contributed by atoms with E-state index in [1.54, 1.807) is 11.0 Å². The standard InChI is InChI=1S/C17H19NO4/c19-14(7-6-12-4-2-1-3-5-12)17(16(21)22)15(20)13-8-10-18(17)11-9-13/h1-7,13,15,20H,8-11H2,(H,21,22). The molecular formula is C17H19NO4. The summed E-state index contributed by atoms with van der Waals surface area (Å²) in [6.45, 7) is 1.08. The second-order valence-corrected chi connectivity index (χ2v) is 5.95. The monoisotopic (exact) mass is 301 g/mol. The maximum atomic E-state index is 12.7. The van der Waals surface area contributed by atoms with Crippen LogP contribution < -0.4 is 0 Å². The highest BCUT2D eigenvalue weighted by atomic mass is 16.4. The minimum Gasteiger partial charge on any atom is -0.479 e. The van der Waals surface area contributed by atoms with Crippen molar-refractivity contribution in [2.24, 2.45) is 5.92 Å². The van der Waals surface area contributed by atoms with Gasteiger partial charge in [0.2, 0.25) is 5.54 Å². The van der Waals surface area contributed by atoms with Gasteiger partial charge in [0.15, 0.2) is 5.78 Å². The minimum atomic E-state index is -1.83. The number of hydrogen-bond donors (Lipinski definition) is 2. The van der Waals surface area contributed by atoms with Crippen LogP contribution >= 0.6 is 0 Å². The maximum Gasteiger partial charge on any atom is 0.335 e. The van der Waals surface area contributed by atoms with E-state index in [9.17, 15) is 19.8 Å². The number of hydrogen-bond acceptors (Lipinski definition) is 4. The predicted octanol–water partition coefficient (Wildman–Crippen LogP) is 1.18. The van der Waals surface area contributed by atoms with Gasteiger partial charge in [-0.15, -0.1) is 0 Å². The zero-order valence-electron chi connectivity index (χ0n) is 12.2. The molecule has 0 amide bonds. The third-order valence-corrected chi connectivity index (χ3v) is 4.84. The molecule has 0 aliphatic carbocycles. The Morgan fingerprint density at radius 1 is 1.18 bits per heavy atom. The molecule has 3 saturated heterocycles. The van der Waals surface area contributed by atoms with Crippen molar-refractivity contribution in [2.45, 2.75) is 24.5 Å². The Morgan fingerprint density at radius 2 is 1.82 bits per heavy atom. The average Bonchev–Trinajstić information content (AvgIpc) is 2.54. The Kier molecular flexibility index (Phi) is 3.85. The Morgan fingerprint density at radius 3 is 2.36 bits per heavy atom. The van der Waals surface area contributed by atoms with Crippen LogP contribution in [0.1, 0.15) is 18.4 Å². The first-order valence-corrected chi connectivity index (χ1v) is 7.51. The number of rotatable bonds is 4. The van der Waals surface area contributed by atoms with Crippen molar-refractivity contribution in [3.05, 3.63) is 42.0 Å². The Bertz CT molecular complexity index is 600. The van der Waals surface area contributed by atoms with E-state index in [0.29, 0.717) is 13.1 Å². The van der Waals surface area contributed by atoms with Crippen molar-refractivity contribution in [1.82, 2.24) is 4.90 Å². The molecule has 1 aromatic carbocycles. The zero-order valence-corrected chi connectivity index (χ0v) is 12.2. The summed E-state index contributed by atoms with van der Waals surface area (Å²) in [7, 11) is 0. The van der Waals surface area contributed by atoms with Crippen LogP contribution in [0.4, 0.5) is 0 Å². The van der Waals surface area contributed by atoms with Crippen LogP contribution in [-0.4, -0.2) is 51.6 Å². The third kappa shape index (κ3) is 2.17. The van der Waals surface area contributed by atoms with E-state index >= 15 is 0 Å². The van der Waals surface area contributed by atoms with Crippen LogP contribution in [0.5, 0.6) is 0 Å². The van der Waals surface area contributed by atoms with E-state index in [0.717, 1.165) is 18.4 Å². The molecule has 22 heavy (non-hydrogen) atoms. The van der Waals surface area contributed by atoms with Crippen molar-refractivity contribution >= 4 is 17.8 Å². The molecule has 5 nitrogen and oxygen atoms in total. The lowest BCUT2D eigenvalue weighted by Gasteiger charge is -2.53. The number of ketones is 1. The Balaban J connectivity index is 1.93. The minimum absolute atomic E-state index is 0.116. The molecule has 116 valence electrons. The Labute approximate surface area is 128 Å². The van der Waals surface area contributed by atoms with E-state index < -0.39 is 23.4 Å². The van der Waals surface area contributed by atoms with Gasteiger partial charge in [-0.3, -0.25) is 9.69 Å². The van der Waals surface area contributed by atoms with Gasteiger partial charge in [0.05, 0.1) is 6.10 Å². The van der Waals surface area contributed by atoms with E-state index in [4.69, 9.17) is 0 Å². The summed E-state index contributed by atoms with van der Waals surface area (Å²) in [5, 5.41) is 20.2. The van der Waals surface area contributed by atoms with Gasteiger partial charge in [0.1, 0.15) is 0 Å². The predicted molar refractivity (Wildman–Crippen MR) is 81.2 cm³/mol. The number of carboxylic acids is 1. The van der Waals surface area contributed by atoms with Crippen LogP contribution in [0, 0.1) is 5.92 Å². The van der Waals surface area contributed by atoms with Crippen LogP contribution in [0.3, 0.4) is 0 Å². The first kappa shape index (κ1) is 14.9. The molecule has 5 heteroatoms. The molecule has 2 atom stereocenters. The summed E-state index contributed by atoms with van der Waals surface area (Å²) in [6, 6.07) is 9.23. The van der Waals surface area contributed by atoms with Crippen molar-refractivity contribution in [3.63, 3.8) is 0 Å². The van der Waals surface area contributed by atoms with Gasteiger partial charge < -0.3 is 10.2 Å². The van der Waals surface area contributed by atoms with Crippen molar-refractivity contribution in [2.75, 3.05) is 13.1 Å². The lowest BCUT2D eigenvalue weighted by Crippen LogP contribution is -2.74. The number of aliphatic hydroxyl groups is 1. The third-order valence-electron chi connectivity index (χ3n) is 4.84. The summed E-state index contributed by atoms with van der Waals surface area (Å²) in [4.78, 5) is 26.2. The number of carboxylic acid groups (broad SMARTS) is 1. The quantitative estimate of drug-likeness (QED) is 0.645. The van der Waals surface area contributed by atoms with Gasteiger partial charge in [0, 0.05) is 13.1 Å². The molecule has 3 heterocycles. The second kappa shape index (κ2) is 5.66. The fourth-order valence-corrected chi connectivity index (χ4v) is 3.63. The number of fused-ring (bicyclic) bond motifs is 3. The number of nitrogens with zero attached hydrogens (tertiary/aromatic N) is 1. The number of aliphatic carboxylic acids is 1. The summed E-state index contributed by atoms with van der Waals surface area (Å²) in [5.74, 6) is -1.93. The van der Waals surface area contributed by atoms with Crippen molar-refractivity contribution in [3.8, 4) is 0 Å². The molecule has 1 aromatic rings. The number of carbonyl (C=O) groups is 2. The van der Waals surface area contributed by atoms with Crippen molar-refractivity contribution in [1.29, 1.82) is 0 Å². The van der Waals surface area contributed by atoms with Gasteiger partial charge in [0.25, 0.3) is 0 Å². The van der Waals surface area contributed by atoms with Crippen LogP contribution in [0.15, 0.2) is 36.4 Å². The van der Waals surface area contributed by atoms with Gasteiger partial charge >= 0.3 is 5.97 Å². The first-order valence-electron chi connectivity index (χ1n) is 7.51. The van der Waals surface area contributed by atoms with Gasteiger partial charge in [-0.2, -0.15) is 0 Å². The van der Waals surface area contributed by atoms with E-state index in [-0.39, 0.29) is 5.92 Å². The van der Waals surface area contributed by atoms with Gasteiger partial charge in [-0.05, 0) is 30.4 Å². The molecule has 2 unspecified atom stereocenters. The highest BCUT2D eigenvalue weighted by molar-refractivity contribution is 6.15. The first-order chi connectivity index (χ1) is 10.6. The van der Waals surface area contributed by atoms with E-state index in [1.807, 2.05) is 30.3 Å². The highest BCUT2D eigenvalue weighted by Gasteiger charge is 2.62. The van der Waals surface area contributed by atoms with Crippen LogP contribution in [0.2, 0.25) is 0 Å². The molecule has 3 aliphatic heterocycles. The number of piperidine rings is 3. The molecule has 3 aliphatic rings. The smallest absolute Gasteiger partial charge is 0.335 e. The molecule has 3 fully saturated rings. The maximum absolute atomic E-state index is 12.7. The number of carbonyl (C=O) groups excluding carboxylic acids is 1. The summed E-state index contributed by atoms with van der Waals surface area (Å²) >= 11 is 0. The molecule has 0 saturated carbocycles. The second-order valence-electron chi connectivity index (χ2n) is 5.95. The SMILES string of the molecule is O=C(O)C1(C(=O)C=Cc2ccccc2)C(O)C2CCN1CC2. The summed E-state index contributed by atoms with van der Waals surface area (Å²) in [6.07, 6.45) is 3.22. The number of benzene rings is 1. The van der Waals surface area contributed by atoms with E-state index in [2.05, 4.69) is 0 Å². The lowest BCUT2D eigenvalue weighted by molar-refractivity contribution is -0.184. The largest absolute Gasteiger partial charge is 0.479 e. The topological polar surface area (TPSA) is 77.8 Å². The summed E-state index contributed by atoms with van der Waals surface area (Å²) < 4.78 is 0. The normalized spacial score (nSPS) is 34.0. The highest BCUT2D eigenvalue weighted by Crippen LogP contribution is 2.40. The fourth-order valence-electron chi connectivity index (χ4n) is 3.63. The van der Waals surface area contributed by atoms with Gasteiger partial charge in [-0.25, -0.2) is 4.79 Å². The molecule has 4 rings (SSSR count). The molecule has 0 aromatic heterocycles. The molecule has 0 spiro atoms. The summed E-state index contributed by atoms with van der Waals surface area (Å²) in [5.41, 5.74) is -1.01. The average molecular weight is 301 g/mol. The molecular weight excluding hydrogens is 282 g/mol. The van der Waals surface area contributed by atoms with Gasteiger partial charge in [-0.1, -0.05) is 36.4 Å². The fraction of sp³-hybridized carbons (Fsp3) is 0.412. The molecule has 2 N–H and O–H groups in total. The van der Waals surface area contributed by atoms with Crippen LogP contribution in [0.25, 0.3) is 6.08 Å². The van der Waals surface area contributed by atoms with Crippen LogP contribution in [-0.2, 0) is 9.59 Å². The Hall–Kier alpha value is -1.98. The molecule has 0 radical (unpaired) electrons. The number of aliphatic hydroxyl groups excluding tert-OH is 1. The lowest BCUT2D eigenvalue weighted by atomic mass is 9.69. The molecule has 2 bridgehead atoms. The van der Waals surface area contributed by atoms with Crippen molar-refractivity contribution < 1.29 is 19.8 Å². The zero-order chi connectivity index (χ0) is 15.7. The van der Waals surface area contributed by atoms with E-state index in [1.165, 1.54) is 6.08 Å².